The quantitative estimate of drug-likeness (QED) is 0.467. The second-order valence-corrected chi connectivity index (χ2v) is 10.00. The van der Waals surface area contributed by atoms with Crippen molar-refractivity contribution in [1.29, 1.82) is 0 Å². The Bertz CT molecular complexity index is 1120. The zero-order chi connectivity index (χ0) is 24.2. The Labute approximate surface area is 214 Å². The van der Waals surface area contributed by atoms with Gasteiger partial charge in [0.05, 0.1) is 13.7 Å². The molecule has 3 heterocycles. The summed E-state index contributed by atoms with van der Waals surface area (Å²) >= 11 is 3.44. The molecule has 2 aromatic carbocycles. The van der Waals surface area contributed by atoms with E-state index in [0.29, 0.717) is 24.2 Å². The molecule has 35 heavy (non-hydrogen) atoms. The molecule has 2 fully saturated rings. The summed E-state index contributed by atoms with van der Waals surface area (Å²) in [6, 6.07) is 16.0. The number of likely N-dealkylation sites (tertiary alicyclic amines) is 1. The first kappa shape index (κ1) is 23.8. The number of hydrogen-bond acceptors (Lipinski definition) is 7. The topological polar surface area (TPSA) is 74.9 Å². The number of piperazine rings is 1. The molecule has 1 amide bonds. The van der Waals surface area contributed by atoms with Gasteiger partial charge in [-0.3, -0.25) is 9.69 Å². The van der Waals surface area contributed by atoms with Gasteiger partial charge in [0.1, 0.15) is 5.75 Å². The molecule has 8 nitrogen and oxygen atoms in total. The lowest BCUT2D eigenvalue weighted by Crippen LogP contribution is -2.51. The number of amides is 1. The van der Waals surface area contributed by atoms with E-state index in [9.17, 15) is 4.79 Å². The number of hydrogen-bond donors (Lipinski definition) is 0. The van der Waals surface area contributed by atoms with Crippen LogP contribution in [0.4, 0.5) is 5.69 Å². The van der Waals surface area contributed by atoms with E-state index in [-0.39, 0.29) is 5.92 Å². The van der Waals surface area contributed by atoms with Crippen molar-refractivity contribution in [1.82, 2.24) is 19.9 Å². The van der Waals surface area contributed by atoms with E-state index in [4.69, 9.17) is 9.26 Å². The van der Waals surface area contributed by atoms with E-state index in [0.717, 1.165) is 67.9 Å². The minimum Gasteiger partial charge on any atom is -0.497 e. The van der Waals surface area contributed by atoms with Crippen LogP contribution in [-0.2, 0) is 11.3 Å². The summed E-state index contributed by atoms with van der Waals surface area (Å²) in [5.41, 5.74) is 2.11. The van der Waals surface area contributed by atoms with E-state index in [1.54, 1.807) is 7.11 Å². The number of nitrogens with zero attached hydrogens (tertiary/aromatic N) is 5. The summed E-state index contributed by atoms with van der Waals surface area (Å²) in [5.74, 6) is 2.47. The van der Waals surface area contributed by atoms with Crippen molar-refractivity contribution in [2.75, 3.05) is 51.3 Å². The fraction of sp³-hybridized carbons (Fsp3) is 0.423. The Kier molecular flexibility index (Phi) is 7.34. The van der Waals surface area contributed by atoms with Crippen molar-refractivity contribution < 1.29 is 14.1 Å². The summed E-state index contributed by atoms with van der Waals surface area (Å²) in [4.78, 5) is 24.4. The Morgan fingerprint density at radius 3 is 2.34 bits per heavy atom. The summed E-state index contributed by atoms with van der Waals surface area (Å²) in [6.07, 6.45) is 1.73. The third-order valence-corrected chi connectivity index (χ3v) is 7.42. The molecule has 0 N–H and O–H groups in total. The van der Waals surface area contributed by atoms with Crippen LogP contribution in [0.1, 0.15) is 18.7 Å². The highest BCUT2D eigenvalue weighted by molar-refractivity contribution is 9.10. The van der Waals surface area contributed by atoms with Crippen molar-refractivity contribution in [2.45, 2.75) is 19.4 Å². The Hall–Kier alpha value is -2.91. The number of carbonyl (C=O) groups excluding carboxylic acids is 1. The third-order valence-electron chi connectivity index (χ3n) is 6.90. The molecule has 3 aromatic rings. The molecule has 0 saturated carbocycles. The lowest BCUT2D eigenvalue weighted by atomic mass is 9.95. The number of aromatic nitrogens is 2. The van der Waals surface area contributed by atoms with Crippen LogP contribution in [0.3, 0.4) is 0 Å². The summed E-state index contributed by atoms with van der Waals surface area (Å²) in [6.45, 7) is 5.59. The van der Waals surface area contributed by atoms with Gasteiger partial charge in [-0.05, 0) is 74.5 Å². The number of piperidine rings is 1. The molecule has 0 atom stereocenters. The highest BCUT2D eigenvalue weighted by atomic mass is 79.9. The largest absolute Gasteiger partial charge is 0.497 e. The number of carbonyl (C=O) groups is 1. The van der Waals surface area contributed by atoms with Gasteiger partial charge < -0.3 is 19.1 Å². The van der Waals surface area contributed by atoms with E-state index in [2.05, 4.69) is 48.0 Å². The molecule has 2 aliphatic rings. The van der Waals surface area contributed by atoms with Crippen LogP contribution in [0.15, 0.2) is 57.5 Å². The second-order valence-electron chi connectivity index (χ2n) is 9.08. The molecular formula is C26H30BrN5O3. The Morgan fingerprint density at radius 2 is 1.69 bits per heavy atom. The van der Waals surface area contributed by atoms with Gasteiger partial charge in [-0.15, -0.1) is 0 Å². The van der Waals surface area contributed by atoms with Crippen molar-refractivity contribution in [3.05, 3.63) is 58.9 Å². The Morgan fingerprint density at radius 1 is 1.00 bits per heavy atom. The molecule has 5 rings (SSSR count). The van der Waals surface area contributed by atoms with E-state index in [1.165, 1.54) is 5.69 Å². The highest BCUT2D eigenvalue weighted by Crippen LogP contribution is 2.25. The minimum absolute atomic E-state index is 0.0970. The van der Waals surface area contributed by atoms with Crippen LogP contribution in [0.2, 0.25) is 0 Å². The number of anilines is 1. The molecule has 0 radical (unpaired) electrons. The van der Waals surface area contributed by atoms with Gasteiger partial charge in [0.15, 0.2) is 0 Å². The number of methoxy groups -OCH3 is 1. The van der Waals surface area contributed by atoms with E-state index >= 15 is 0 Å². The van der Waals surface area contributed by atoms with Crippen molar-refractivity contribution in [3.8, 4) is 17.1 Å². The van der Waals surface area contributed by atoms with Gasteiger partial charge in [-0.1, -0.05) is 21.1 Å². The maximum atomic E-state index is 13.2. The summed E-state index contributed by atoms with van der Waals surface area (Å²) in [7, 11) is 1.68. The lowest BCUT2D eigenvalue weighted by Gasteiger charge is -2.39. The second kappa shape index (κ2) is 10.8. The average molecular weight is 540 g/mol. The zero-order valence-electron chi connectivity index (χ0n) is 19.9. The monoisotopic (exact) mass is 539 g/mol. The zero-order valence-corrected chi connectivity index (χ0v) is 21.5. The molecule has 1 aromatic heterocycles. The molecule has 0 bridgehead atoms. The first-order valence-electron chi connectivity index (χ1n) is 12.1. The SMILES string of the molecule is COc1ccc(N2CCN(C(=O)C3CCN(Cc4nc(-c5ccc(Br)cc5)no4)CC3)CC2)cc1. The standard InChI is InChI=1S/C26H30BrN5O3/c1-34-23-8-6-22(7-9-23)31-14-16-32(17-15-31)26(33)20-10-12-30(13-11-20)18-24-28-25(29-35-24)19-2-4-21(27)5-3-19/h2-9,20H,10-18H2,1H3. The van der Waals surface area contributed by atoms with E-state index in [1.807, 2.05) is 41.3 Å². The van der Waals surface area contributed by atoms with E-state index < -0.39 is 0 Å². The van der Waals surface area contributed by atoms with Crippen molar-refractivity contribution in [2.24, 2.45) is 5.92 Å². The predicted octanol–water partition coefficient (Wildman–Crippen LogP) is 4.07. The van der Waals surface area contributed by atoms with Gasteiger partial charge in [-0.2, -0.15) is 4.98 Å². The maximum Gasteiger partial charge on any atom is 0.241 e. The van der Waals surface area contributed by atoms with Crippen LogP contribution in [0, 0.1) is 5.92 Å². The normalized spacial score (nSPS) is 17.5. The molecule has 0 aliphatic carbocycles. The lowest BCUT2D eigenvalue weighted by molar-refractivity contribution is -0.137. The van der Waals surface area contributed by atoms with Crippen LogP contribution < -0.4 is 9.64 Å². The van der Waals surface area contributed by atoms with Crippen LogP contribution in [0.5, 0.6) is 5.75 Å². The average Bonchev–Trinajstić information content (AvgIpc) is 3.38. The van der Waals surface area contributed by atoms with Crippen molar-refractivity contribution in [3.63, 3.8) is 0 Å². The van der Waals surface area contributed by atoms with Gasteiger partial charge >= 0.3 is 0 Å². The van der Waals surface area contributed by atoms with Gasteiger partial charge in [0.25, 0.3) is 0 Å². The fourth-order valence-corrected chi connectivity index (χ4v) is 5.07. The van der Waals surface area contributed by atoms with Gasteiger partial charge in [0, 0.05) is 47.8 Å². The molecular weight excluding hydrogens is 510 g/mol. The summed E-state index contributed by atoms with van der Waals surface area (Å²) < 4.78 is 11.7. The van der Waals surface area contributed by atoms with Crippen LogP contribution >= 0.6 is 15.9 Å². The molecule has 184 valence electrons. The number of benzene rings is 2. The smallest absolute Gasteiger partial charge is 0.241 e. The van der Waals surface area contributed by atoms with Crippen LogP contribution in [0.25, 0.3) is 11.4 Å². The number of ether oxygens (including phenoxy) is 1. The third kappa shape index (κ3) is 5.67. The fourth-order valence-electron chi connectivity index (χ4n) is 4.80. The molecule has 0 unspecified atom stereocenters. The molecule has 2 aliphatic heterocycles. The molecule has 0 spiro atoms. The molecule has 2 saturated heterocycles. The first-order valence-corrected chi connectivity index (χ1v) is 12.9. The number of halogens is 1. The van der Waals surface area contributed by atoms with Gasteiger partial charge in [0.2, 0.25) is 17.6 Å². The Balaban J connectivity index is 1.08. The predicted molar refractivity (Wildman–Crippen MR) is 137 cm³/mol. The minimum atomic E-state index is 0.0970. The van der Waals surface area contributed by atoms with Crippen LogP contribution in [-0.4, -0.2) is 72.2 Å². The highest BCUT2D eigenvalue weighted by Gasteiger charge is 2.31. The first-order chi connectivity index (χ1) is 17.1. The summed E-state index contributed by atoms with van der Waals surface area (Å²) in [5, 5.41) is 4.12. The maximum absolute atomic E-state index is 13.2. The number of rotatable bonds is 6. The molecule has 9 heteroatoms. The van der Waals surface area contributed by atoms with Crippen molar-refractivity contribution >= 4 is 27.5 Å². The van der Waals surface area contributed by atoms with Gasteiger partial charge in [-0.25, -0.2) is 0 Å².